The molecule has 1 heterocycles. The SMILES string of the molecule is CCOc1ccc(Nc2nccc(C(=O)NCCc3ccccc3)n2)cc1. The summed E-state index contributed by atoms with van der Waals surface area (Å²) in [5.74, 6) is 0.952. The van der Waals surface area contributed by atoms with Crippen LogP contribution in [0.3, 0.4) is 0 Å². The van der Waals surface area contributed by atoms with Gasteiger partial charge in [0.05, 0.1) is 6.61 Å². The van der Waals surface area contributed by atoms with E-state index in [0.717, 1.165) is 17.9 Å². The molecule has 1 aromatic heterocycles. The molecule has 0 saturated heterocycles. The molecule has 2 aromatic carbocycles. The Kier molecular flexibility index (Phi) is 6.35. The van der Waals surface area contributed by atoms with Crippen LogP contribution >= 0.6 is 0 Å². The number of nitrogens with one attached hydrogen (secondary N) is 2. The zero-order valence-corrected chi connectivity index (χ0v) is 15.2. The first kappa shape index (κ1) is 18.4. The molecule has 27 heavy (non-hydrogen) atoms. The normalized spacial score (nSPS) is 10.3. The van der Waals surface area contributed by atoms with Crippen LogP contribution in [0.15, 0.2) is 66.9 Å². The minimum absolute atomic E-state index is 0.219. The van der Waals surface area contributed by atoms with Gasteiger partial charge in [-0.2, -0.15) is 0 Å². The number of ether oxygens (including phenoxy) is 1. The minimum atomic E-state index is -0.219. The average Bonchev–Trinajstić information content (AvgIpc) is 2.71. The second kappa shape index (κ2) is 9.33. The highest BCUT2D eigenvalue weighted by molar-refractivity contribution is 5.92. The number of nitrogens with zero attached hydrogens (tertiary/aromatic N) is 2. The first-order chi connectivity index (χ1) is 13.2. The fraction of sp³-hybridized carbons (Fsp3) is 0.190. The van der Waals surface area contributed by atoms with Gasteiger partial charge in [-0.3, -0.25) is 4.79 Å². The fourth-order valence-corrected chi connectivity index (χ4v) is 2.53. The molecule has 0 aliphatic heterocycles. The molecule has 0 atom stereocenters. The van der Waals surface area contributed by atoms with Gasteiger partial charge in [0, 0.05) is 18.4 Å². The van der Waals surface area contributed by atoms with E-state index in [0.29, 0.717) is 24.8 Å². The van der Waals surface area contributed by atoms with Crippen molar-refractivity contribution in [2.75, 3.05) is 18.5 Å². The third-order valence-electron chi connectivity index (χ3n) is 3.85. The summed E-state index contributed by atoms with van der Waals surface area (Å²) in [6.45, 7) is 3.11. The Labute approximate surface area is 158 Å². The number of anilines is 2. The lowest BCUT2D eigenvalue weighted by Crippen LogP contribution is -2.26. The Hall–Kier alpha value is -3.41. The topological polar surface area (TPSA) is 76.1 Å². The highest BCUT2D eigenvalue weighted by Crippen LogP contribution is 2.18. The van der Waals surface area contributed by atoms with Crippen molar-refractivity contribution in [2.45, 2.75) is 13.3 Å². The summed E-state index contributed by atoms with van der Waals surface area (Å²) in [5, 5.41) is 5.98. The minimum Gasteiger partial charge on any atom is -0.494 e. The zero-order valence-electron chi connectivity index (χ0n) is 15.2. The number of carbonyl (C=O) groups excluding carboxylic acids is 1. The molecule has 6 nitrogen and oxygen atoms in total. The van der Waals surface area contributed by atoms with E-state index in [1.807, 2.05) is 61.5 Å². The van der Waals surface area contributed by atoms with Crippen LogP contribution in [-0.4, -0.2) is 29.0 Å². The van der Waals surface area contributed by atoms with Gasteiger partial charge in [0.15, 0.2) is 0 Å². The zero-order chi connectivity index (χ0) is 18.9. The molecule has 0 spiro atoms. The Morgan fingerprint density at radius 3 is 2.56 bits per heavy atom. The lowest BCUT2D eigenvalue weighted by atomic mass is 10.1. The Balaban J connectivity index is 1.56. The first-order valence-electron chi connectivity index (χ1n) is 8.89. The van der Waals surface area contributed by atoms with E-state index < -0.39 is 0 Å². The van der Waals surface area contributed by atoms with Crippen LogP contribution in [-0.2, 0) is 6.42 Å². The van der Waals surface area contributed by atoms with Crippen molar-refractivity contribution in [3.63, 3.8) is 0 Å². The molecule has 1 amide bonds. The third kappa shape index (κ3) is 5.54. The van der Waals surface area contributed by atoms with Gasteiger partial charge in [-0.05, 0) is 49.2 Å². The summed E-state index contributed by atoms with van der Waals surface area (Å²) >= 11 is 0. The third-order valence-corrected chi connectivity index (χ3v) is 3.85. The van der Waals surface area contributed by atoms with E-state index in [-0.39, 0.29) is 5.91 Å². The van der Waals surface area contributed by atoms with Crippen LogP contribution in [0, 0.1) is 0 Å². The van der Waals surface area contributed by atoms with Gasteiger partial charge in [0.1, 0.15) is 11.4 Å². The maximum Gasteiger partial charge on any atom is 0.270 e. The highest BCUT2D eigenvalue weighted by Gasteiger charge is 2.08. The molecule has 6 heteroatoms. The molecular formula is C21H22N4O2. The number of benzene rings is 2. The second-order valence-corrected chi connectivity index (χ2v) is 5.84. The van der Waals surface area contributed by atoms with Gasteiger partial charge in [-0.15, -0.1) is 0 Å². The fourth-order valence-electron chi connectivity index (χ4n) is 2.53. The van der Waals surface area contributed by atoms with Crippen molar-refractivity contribution in [3.05, 3.63) is 78.1 Å². The smallest absolute Gasteiger partial charge is 0.270 e. The maximum atomic E-state index is 12.3. The molecule has 3 aromatic rings. The van der Waals surface area contributed by atoms with Crippen LogP contribution in [0.25, 0.3) is 0 Å². The van der Waals surface area contributed by atoms with Crippen LogP contribution in [0.5, 0.6) is 5.75 Å². The van der Waals surface area contributed by atoms with Crippen molar-refractivity contribution in [3.8, 4) is 5.75 Å². The van der Waals surface area contributed by atoms with Crippen molar-refractivity contribution >= 4 is 17.5 Å². The van der Waals surface area contributed by atoms with E-state index in [9.17, 15) is 4.79 Å². The molecule has 0 radical (unpaired) electrons. The Morgan fingerprint density at radius 2 is 1.81 bits per heavy atom. The average molecular weight is 362 g/mol. The van der Waals surface area contributed by atoms with Gasteiger partial charge in [0.2, 0.25) is 5.95 Å². The maximum absolute atomic E-state index is 12.3. The summed E-state index contributed by atoms with van der Waals surface area (Å²) in [5.41, 5.74) is 2.32. The van der Waals surface area contributed by atoms with Crippen molar-refractivity contribution < 1.29 is 9.53 Å². The predicted octanol–water partition coefficient (Wildman–Crippen LogP) is 3.59. The van der Waals surface area contributed by atoms with Gasteiger partial charge in [-0.25, -0.2) is 9.97 Å². The van der Waals surface area contributed by atoms with Gasteiger partial charge in [-0.1, -0.05) is 30.3 Å². The molecule has 138 valence electrons. The van der Waals surface area contributed by atoms with Crippen LogP contribution in [0.1, 0.15) is 23.0 Å². The lowest BCUT2D eigenvalue weighted by molar-refractivity contribution is 0.0949. The highest BCUT2D eigenvalue weighted by atomic mass is 16.5. The molecule has 3 rings (SSSR count). The standard InChI is InChI=1S/C21H22N4O2/c1-2-27-18-10-8-17(9-11-18)24-21-23-15-13-19(25-21)20(26)22-14-12-16-6-4-3-5-7-16/h3-11,13,15H,2,12,14H2,1H3,(H,22,26)(H,23,24,25). The monoisotopic (exact) mass is 362 g/mol. The van der Waals surface area contributed by atoms with E-state index >= 15 is 0 Å². The predicted molar refractivity (Wildman–Crippen MR) is 105 cm³/mol. The summed E-state index contributed by atoms with van der Waals surface area (Å²) in [6, 6.07) is 19.1. The molecule has 0 fully saturated rings. The van der Waals surface area contributed by atoms with E-state index in [1.54, 1.807) is 12.3 Å². The van der Waals surface area contributed by atoms with Crippen LogP contribution in [0.4, 0.5) is 11.6 Å². The summed E-state index contributed by atoms with van der Waals surface area (Å²) in [4.78, 5) is 20.8. The number of amides is 1. The van der Waals surface area contributed by atoms with Gasteiger partial charge >= 0.3 is 0 Å². The Morgan fingerprint density at radius 1 is 1.04 bits per heavy atom. The number of aromatic nitrogens is 2. The summed E-state index contributed by atoms with van der Waals surface area (Å²) < 4.78 is 5.42. The van der Waals surface area contributed by atoms with E-state index in [2.05, 4.69) is 20.6 Å². The molecule has 0 unspecified atom stereocenters. The largest absolute Gasteiger partial charge is 0.494 e. The second-order valence-electron chi connectivity index (χ2n) is 5.84. The number of hydrogen-bond acceptors (Lipinski definition) is 5. The van der Waals surface area contributed by atoms with Crippen LogP contribution in [0.2, 0.25) is 0 Å². The Bertz CT molecular complexity index is 867. The van der Waals surface area contributed by atoms with E-state index in [1.165, 1.54) is 5.56 Å². The number of rotatable bonds is 8. The quantitative estimate of drug-likeness (QED) is 0.640. The molecule has 0 bridgehead atoms. The van der Waals surface area contributed by atoms with Gasteiger partial charge in [0.25, 0.3) is 5.91 Å². The lowest BCUT2D eigenvalue weighted by Gasteiger charge is -2.08. The van der Waals surface area contributed by atoms with Crippen molar-refractivity contribution in [1.29, 1.82) is 0 Å². The molecule has 2 N–H and O–H groups in total. The summed E-state index contributed by atoms with van der Waals surface area (Å²) in [7, 11) is 0. The van der Waals surface area contributed by atoms with E-state index in [4.69, 9.17) is 4.74 Å². The summed E-state index contributed by atoms with van der Waals surface area (Å²) in [6.07, 6.45) is 2.34. The first-order valence-corrected chi connectivity index (χ1v) is 8.89. The molecule has 0 aliphatic rings. The molecular weight excluding hydrogens is 340 g/mol. The van der Waals surface area contributed by atoms with Gasteiger partial charge < -0.3 is 15.4 Å². The number of hydrogen-bond donors (Lipinski definition) is 2. The van der Waals surface area contributed by atoms with Crippen molar-refractivity contribution in [1.82, 2.24) is 15.3 Å². The number of carbonyl (C=O) groups is 1. The van der Waals surface area contributed by atoms with Crippen LogP contribution < -0.4 is 15.4 Å². The molecule has 0 saturated carbocycles. The van der Waals surface area contributed by atoms with Crippen molar-refractivity contribution in [2.24, 2.45) is 0 Å². The molecule has 0 aliphatic carbocycles.